The van der Waals surface area contributed by atoms with E-state index in [4.69, 9.17) is 14.4 Å². The Morgan fingerprint density at radius 1 is 1.44 bits per heavy atom. The van der Waals surface area contributed by atoms with Crippen LogP contribution < -0.4 is 90.7 Å². The van der Waals surface area contributed by atoms with E-state index in [1.807, 2.05) is 4.73 Å². The van der Waals surface area contributed by atoms with Gasteiger partial charge >= 0.3 is 80.9 Å². The summed E-state index contributed by atoms with van der Waals surface area (Å²) in [4.78, 5) is 17.8. The third kappa shape index (κ3) is 24.6. The number of halogens is 1. The third-order valence-corrected chi connectivity index (χ3v) is 0.254. The molecule has 0 N–H and O–H groups in total. The Balaban J connectivity index is -0.0000000417. The van der Waals surface area contributed by atoms with Crippen LogP contribution in [0.25, 0.3) is 0 Å². The minimum atomic E-state index is -5.31. The Morgan fingerprint density at radius 2 is 1.56 bits per heavy atom. The number of hydrogen-bond donors (Lipinski definition) is 0. The van der Waals surface area contributed by atoms with E-state index in [-0.39, 0.29) is 99.5 Å². The van der Waals surface area contributed by atoms with Gasteiger partial charge in [-0.2, -0.15) is 4.73 Å². The average molecular weight is 227 g/mol. The van der Waals surface area contributed by atoms with Gasteiger partial charge in [-0.05, 0) is 4.53 Å². The molecule has 0 aromatic heterocycles. The molecule has 0 saturated carbocycles. The molecule has 0 amide bonds. The molecule has 0 bridgehead atoms. The van der Waals surface area contributed by atoms with Crippen molar-refractivity contribution in [1.29, 1.82) is 0 Å². The summed E-state index contributed by atoms with van der Waals surface area (Å²) in [6.07, 6.45) is 0. The van der Waals surface area contributed by atoms with Crippen molar-refractivity contribution in [2.75, 3.05) is 0 Å². The van der Waals surface area contributed by atoms with E-state index < -0.39 is 7.82 Å². The summed E-state index contributed by atoms with van der Waals surface area (Å²) >= 11 is 0. The van der Waals surface area contributed by atoms with E-state index in [2.05, 4.69) is 0 Å². The molecule has 0 spiro atoms. The van der Waals surface area contributed by atoms with Gasteiger partial charge in [-0.1, -0.05) is 0 Å². The SMILES string of the molecule is O=P([O-])([O-])OF.[K+].[Na+].[V]. The van der Waals surface area contributed by atoms with E-state index in [0.29, 0.717) is 0 Å². The standard InChI is InChI=1S/FH2O4P.K.Na.V/c1-5-6(2,3)4;;;/h(H2,2,3,4);;;/q;2*+1;/p-2. The second-order valence-electron chi connectivity index (χ2n) is 0.516. The van der Waals surface area contributed by atoms with Crippen molar-refractivity contribution in [2.45, 2.75) is 0 Å². The van der Waals surface area contributed by atoms with Gasteiger partial charge in [-0.3, -0.25) is 0 Å². The van der Waals surface area contributed by atoms with Crippen LogP contribution in [0.4, 0.5) is 4.53 Å². The van der Waals surface area contributed by atoms with Gasteiger partial charge in [0.1, 0.15) is 7.82 Å². The van der Waals surface area contributed by atoms with Crippen LogP contribution in [0.2, 0.25) is 0 Å². The Kier molecular flexibility index (Phi) is 28.5. The number of hydrogen-bond acceptors (Lipinski definition) is 4. The fourth-order valence-electron chi connectivity index (χ4n) is 0. The van der Waals surface area contributed by atoms with Crippen molar-refractivity contribution in [3.63, 3.8) is 0 Å². The van der Waals surface area contributed by atoms with Crippen molar-refractivity contribution >= 4 is 7.82 Å². The Labute approximate surface area is 128 Å². The van der Waals surface area contributed by atoms with Crippen LogP contribution in [0, 0.1) is 0 Å². The van der Waals surface area contributed by atoms with Gasteiger partial charge in [0.2, 0.25) is 0 Å². The zero-order chi connectivity index (χ0) is 5.21. The van der Waals surface area contributed by atoms with Crippen molar-refractivity contribution in [2.24, 2.45) is 0 Å². The molecule has 0 unspecified atom stereocenters. The molecule has 0 aromatic carbocycles. The van der Waals surface area contributed by atoms with Crippen molar-refractivity contribution in [3.8, 4) is 0 Å². The monoisotopic (exact) mass is 227 g/mol. The maximum absolute atomic E-state index is 10.1. The van der Waals surface area contributed by atoms with Crippen LogP contribution in [0.3, 0.4) is 0 Å². The molecule has 4 nitrogen and oxygen atoms in total. The summed E-state index contributed by atoms with van der Waals surface area (Å²) in [5.41, 5.74) is 0. The maximum atomic E-state index is 10.1. The van der Waals surface area contributed by atoms with Crippen molar-refractivity contribution in [3.05, 3.63) is 0 Å². The minimum absolute atomic E-state index is 0. The van der Waals surface area contributed by atoms with Gasteiger partial charge in [0.15, 0.2) is 0 Å². The molecule has 1 radical (unpaired) electrons. The summed E-state index contributed by atoms with van der Waals surface area (Å²) in [5, 5.41) is 0. The van der Waals surface area contributed by atoms with E-state index in [1.165, 1.54) is 0 Å². The predicted octanol–water partition coefficient (Wildman–Crippen LogP) is -7.28. The average Bonchev–Trinajstić information content (AvgIpc) is 1.35. The second kappa shape index (κ2) is 11.3. The molecule has 0 rings (SSSR count). The largest absolute Gasteiger partial charge is 1.00 e. The molecule has 0 aliphatic carbocycles. The Hall–Kier alpha value is 3.26. The first kappa shape index (κ1) is 22.8. The summed E-state index contributed by atoms with van der Waals surface area (Å²) in [6.45, 7) is 0. The summed E-state index contributed by atoms with van der Waals surface area (Å²) in [6, 6.07) is 0. The number of rotatable bonds is 1. The summed E-state index contributed by atoms with van der Waals surface area (Å²) < 4.78 is 20.9. The first-order valence-electron chi connectivity index (χ1n) is 0.885. The van der Waals surface area contributed by atoms with E-state index in [1.54, 1.807) is 0 Å². The topological polar surface area (TPSA) is 72.4 Å². The van der Waals surface area contributed by atoms with Gasteiger partial charge in [0.25, 0.3) is 0 Å². The first-order valence-corrected chi connectivity index (χ1v) is 2.35. The molecule has 9 heavy (non-hydrogen) atoms. The summed E-state index contributed by atoms with van der Waals surface area (Å²) in [5.74, 6) is 0. The quantitative estimate of drug-likeness (QED) is 0.329. The van der Waals surface area contributed by atoms with Crippen LogP contribution in [-0.4, -0.2) is 0 Å². The molecular formula is FKNaO4PV. The van der Waals surface area contributed by atoms with Gasteiger partial charge < -0.3 is 14.4 Å². The molecule has 9 heteroatoms. The predicted molar refractivity (Wildman–Crippen MR) is 9.80 cm³/mol. The summed E-state index contributed by atoms with van der Waals surface area (Å²) in [7, 11) is -5.31. The first-order chi connectivity index (χ1) is 2.56. The minimum Gasteiger partial charge on any atom is -0.787 e. The van der Waals surface area contributed by atoms with Crippen molar-refractivity contribution in [1.82, 2.24) is 0 Å². The molecule has 0 saturated heterocycles. The Morgan fingerprint density at radius 3 is 1.56 bits per heavy atom. The molecule has 0 heterocycles. The molecule has 0 aliphatic heterocycles. The molecule has 0 fully saturated rings. The molecular weight excluding hydrogens is 227 g/mol. The number of phosphoric acid groups is 1. The van der Waals surface area contributed by atoms with E-state index in [9.17, 15) is 4.53 Å². The molecule has 0 aliphatic rings. The Bertz CT molecular complexity index is 84.6. The zero-order valence-corrected chi connectivity index (χ0v) is 12.3. The van der Waals surface area contributed by atoms with Crippen molar-refractivity contribution < 1.29 is 123 Å². The fraction of sp³-hybridized carbons (Fsp3) is 0. The normalized spacial score (nSPS) is 7.89. The van der Waals surface area contributed by atoms with E-state index in [0.717, 1.165) is 0 Å². The van der Waals surface area contributed by atoms with Gasteiger partial charge in [-0.15, -0.1) is 0 Å². The zero-order valence-electron chi connectivity index (χ0n) is 4.91. The molecule has 0 atom stereocenters. The third-order valence-electron chi connectivity index (χ3n) is 0.0845. The molecule has 43 valence electrons. The van der Waals surface area contributed by atoms with E-state index >= 15 is 0 Å². The van der Waals surface area contributed by atoms with Crippen LogP contribution in [0.5, 0.6) is 0 Å². The van der Waals surface area contributed by atoms with Crippen LogP contribution in [0.1, 0.15) is 0 Å². The maximum Gasteiger partial charge on any atom is 1.00 e. The van der Waals surface area contributed by atoms with Gasteiger partial charge in [-0.25, -0.2) is 0 Å². The fourth-order valence-corrected chi connectivity index (χ4v) is 0. The van der Waals surface area contributed by atoms with Gasteiger partial charge in [0.05, 0.1) is 0 Å². The van der Waals surface area contributed by atoms with Crippen LogP contribution in [-0.2, 0) is 27.8 Å². The second-order valence-corrected chi connectivity index (χ2v) is 1.55. The smallest absolute Gasteiger partial charge is 0.787 e. The molecule has 0 aromatic rings. The van der Waals surface area contributed by atoms with Gasteiger partial charge in [0, 0.05) is 18.6 Å². The van der Waals surface area contributed by atoms with Crippen LogP contribution in [0.15, 0.2) is 0 Å². The van der Waals surface area contributed by atoms with Crippen LogP contribution >= 0.6 is 7.82 Å².